The molecule has 0 saturated carbocycles. The fourth-order valence-electron chi connectivity index (χ4n) is 2.15. The molecule has 104 valence electrons. The van der Waals surface area contributed by atoms with Crippen molar-refractivity contribution in [2.24, 2.45) is 0 Å². The van der Waals surface area contributed by atoms with Crippen LogP contribution in [0, 0.1) is 0 Å². The Balaban J connectivity index is 2.55. The number of hydrogen-bond donors (Lipinski definition) is 1. The van der Waals surface area contributed by atoms with E-state index >= 15 is 0 Å². The summed E-state index contributed by atoms with van der Waals surface area (Å²) in [6, 6.07) is -0.487. The largest absolute Gasteiger partial charge is 0.480 e. The number of carbonyl (C=O) groups is 2. The lowest BCUT2D eigenvalue weighted by atomic mass is 10.1. The second kappa shape index (κ2) is 7.33. The maximum Gasteiger partial charge on any atom is 0.320 e. The molecule has 0 aromatic heterocycles. The van der Waals surface area contributed by atoms with Gasteiger partial charge in [-0.25, -0.2) is 0 Å². The van der Waals surface area contributed by atoms with E-state index in [0.29, 0.717) is 26.1 Å². The highest BCUT2D eigenvalue weighted by Gasteiger charge is 2.31. The van der Waals surface area contributed by atoms with Crippen molar-refractivity contribution in [2.45, 2.75) is 38.3 Å². The molecule has 0 spiro atoms. The second-order valence-electron chi connectivity index (χ2n) is 4.41. The molecule has 1 aliphatic rings. The summed E-state index contributed by atoms with van der Waals surface area (Å²) in [5.74, 6) is -1.14. The van der Waals surface area contributed by atoms with Crippen LogP contribution in [0.15, 0.2) is 0 Å². The third kappa shape index (κ3) is 4.27. The van der Waals surface area contributed by atoms with E-state index in [4.69, 9.17) is 4.74 Å². The lowest BCUT2D eigenvalue weighted by Crippen LogP contribution is -2.51. The molecule has 0 radical (unpaired) electrons. The molecule has 1 rings (SSSR count). The Hall–Kier alpha value is -1.14. The highest BCUT2D eigenvalue weighted by atomic mass is 16.5. The smallest absolute Gasteiger partial charge is 0.320 e. The van der Waals surface area contributed by atoms with Gasteiger partial charge in [0.05, 0.1) is 26.2 Å². The molecule has 2 unspecified atom stereocenters. The average Bonchev–Trinajstić information content (AvgIpc) is 2.35. The number of rotatable bonds is 6. The minimum atomic E-state index is -0.810. The van der Waals surface area contributed by atoms with E-state index < -0.39 is 12.0 Å². The first-order chi connectivity index (χ1) is 8.58. The first-order valence-corrected chi connectivity index (χ1v) is 6.23. The van der Waals surface area contributed by atoms with Gasteiger partial charge in [0.25, 0.3) is 0 Å². The van der Waals surface area contributed by atoms with Gasteiger partial charge in [0.15, 0.2) is 0 Å². The van der Waals surface area contributed by atoms with Crippen molar-refractivity contribution >= 4 is 11.9 Å². The number of carboxylic acids is 1. The number of hydrogen-bond acceptors (Lipinski definition) is 5. The Morgan fingerprint density at radius 2 is 2.28 bits per heavy atom. The van der Waals surface area contributed by atoms with Gasteiger partial charge in [0, 0.05) is 13.1 Å². The van der Waals surface area contributed by atoms with E-state index in [1.807, 2.05) is 11.8 Å². The number of nitrogens with zero attached hydrogens (tertiary/aromatic N) is 1. The fraction of sp³-hybridized carbons (Fsp3) is 0.833. The highest BCUT2D eigenvalue weighted by molar-refractivity contribution is 5.73. The van der Waals surface area contributed by atoms with Crippen molar-refractivity contribution in [3.8, 4) is 0 Å². The topological polar surface area (TPSA) is 76.1 Å². The van der Waals surface area contributed by atoms with Crippen LogP contribution < -0.4 is 0 Å². The maximum absolute atomic E-state index is 11.2. The Morgan fingerprint density at radius 1 is 1.56 bits per heavy atom. The fourth-order valence-corrected chi connectivity index (χ4v) is 2.15. The van der Waals surface area contributed by atoms with Crippen molar-refractivity contribution in [3.05, 3.63) is 0 Å². The molecule has 0 amide bonds. The van der Waals surface area contributed by atoms with Crippen molar-refractivity contribution < 1.29 is 24.2 Å². The highest BCUT2D eigenvalue weighted by Crippen LogP contribution is 2.15. The van der Waals surface area contributed by atoms with Gasteiger partial charge in [-0.1, -0.05) is 13.3 Å². The average molecular weight is 259 g/mol. The van der Waals surface area contributed by atoms with Crippen LogP contribution in [0.4, 0.5) is 0 Å². The van der Waals surface area contributed by atoms with E-state index in [1.54, 1.807) is 0 Å². The summed E-state index contributed by atoms with van der Waals surface area (Å²) in [6.45, 7) is 3.47. The van der Waals surface area contributed by atoms with Gasteiger partial charge >= 0.3 is 11.9 Å². The molecular formula is C12H21NO5. The van der Waals surface area contributed by atoms with Crippen molar-refractivity contribution in [1.82, 2.24) is 4.90 Å². The zero-order chi connectivity index (χ0) is 13.5. The van der Waals surface area contributed by atoms with Gasteiger partial charge < -0.3 is 14.6 Å². The molecule has 0 bridgehead atoms. The molecular weight excluding hydrogens is 238 g/mol. The van der Waals surface area contributed by atoms with Crippen molar-refractivity contribution in [2.75, 3.05) is 26.8 Å². The molecule has 6 nitrogen and oxygen atoms in total. The number of aliphatic carboxylic acids is 1. The van der Waals surface area contributed by atoms with E-state index in [1.165, 1.54) is 7.11 Å². The van der Waals surface area contributed by atoms with Gasteiger partial charge in [-0.15, -0.1) is 0 Å². The molecule has 0 aliphatic carbocycles. The Labute approximate surface area is 107 Å². The predicted molar refractivity (Wildman–Crippen MR) is 64.3 cm³/mol. The van der Waals surface area contributed by atoms with Crippen molar-refractivity contribution in [3.63, 3.8) is 0 Å². The standard InChI is InChI=1S/C12H21NO5/c1-3-4-10(12(15)16)13-5-6-18-9(8-13)7-11(14)17-2/h9-10H,3-8H2,1-2H3,(H,15,16). The number of carboxylic acid groups (broad SMARTS) is 1. The zero-order valence-corrected chi connectivity index (χ0v) is 10.9. The van der Waals surface area contributed by atoms with Crippen molar-refractivity contribution in [1.29, 1.82) is 0 Å². The summed E-state index contributed by atoms with van der Waals surface area (Å²) in [6.07, 6.45) is 1.33. The van der Waals surface area contributed by atoms with E-state index in [0.717, 1.165) is 6.42 Å². The molecule has 18 heavy (non-hydrogen) atoms. The first kappa shape index (κ1) is 14.9. The summed E-state index contributed by atoms with van der Waals surface area (Å²) >= 11 is 0. The molecule has 1 aliphatic heterocycles. The minimum Gasteiger partial charge on any atom is -0.480 e. The summed E-state index contributed by atoms with van der Waals surface area (Å²) < 4.78 is 10.0. The predicted octanol–water partition coefficient (Wildman–Crippen LogP) is 0.504. The van der Waals surface area contributed by atoms with Crippen LogP contribution in [0.25, 0.3) is 0 Å². The van der Waals surface area contributed by atoms with Gasteiger partial charge in [-0.05, 0) is 6.42 Å². The normalized spacial score (nSPS) is 22.4. The summed E-state index contributed by atoms with van der Waals surface area (Å²) in [5, 5.41) is 9.20. The number of esters is 1. The first-order valence-electron chi connectivity index (χ1n) is 6.23. The van der Waals surface area contributed by atoms with E-state index in [2.05, 4.69) is 4.74 Å². The van der Waals surface area contributed by atoms with Crippen LogP contribution in [-0.4, -0.2) is 60.9 Å². The second-order valence-corrected chi connectivity index (χ2v) is 4.41. The summed E-state index contributed by atoms with van der Waals surface area (Å²) in [7, 11) is 1.33. The van der Waals surface area contributed by atoms with Crippen LogP contribution in [-0.2, 0) is 19.1 Å². The lowest BCUT2D eigenvalue weighted by Gasteiger charge is -2.36. The van der Waals surface area contributed by atoms with E-state index in [9.17, 15) is 14.7 Å². The molecule has 1 fully saturated rings. The molecule has 0 aromatic carbocycles. The number of ether oxygens (including phenoxy) is 2. The number of methoxy groups -OCH3 is 1. The van der Waals surface area contributed by atoms with Gasteiger partial charge in [-0.3, -0.25) is 14.5 Å². The van der Waals surface area contributed by atoms with Crippen LogP contribution in [0.2, 0.25) is 0 Å². The molecule has 1 saturated heterocycles. The molecule has 2 atom stereocenters. The van der Waals surface area contributed by atoms with Crippen LogP contribution >= 0.6 is 0 Å². The minimum absolute atomic E-state index is 0.172. The Kier molecular flexibility index (Phi) is 6.07. The SMILES string of the molecule is CCCC(C(=O)O)N1CCOC(CC(=O)OC)C1. The summed E-state index contributed by atoms with van der Waals surface area (Å²) in [4.78, 5) is 24.3. The molecule has 0 aromatic rings. The van der Waals surface area contributed by atoms with Gasteiger partial charge in [0.1, 0.15) is 6.04 Å². The Morgan fingerprint density at radius 3 is 2.83 bits per heavy atom. The molecule has 1 N–H and O–H groups in total. The third-order valence-electron chi connectivity index (χ3n) is 3.08. The van der Waals surface area contributed by atoms with Crippen LogP contribution in [0.5, 0.6) is 0 Å². The quantitative estimate of drug-likeness (QED) is 0.700. The molecule has 1 heterocycles. The van der Waals surface area contributed by atoms with Gasteiger partial charge in [-0.2, -0.15) is 0 Å². The zero-order valence-electron chi connectivity index (χ0n) is 10.9. The Bertz CT molecular complexity index is 294. The van der Waals surface area contributed by atoms with Gasteiger partial charge in [0.2, 0.25) is 0 Å². The summed E-state index contributed by atoms with van der Waals surface area (Å²) in [5.41, 5.74) is 0. The lowest BCUT2D eigenvalue weighted by molar-refractivity contribution is -0.150. The van der Waals surface area contributed by atoms with E-state index in [-0.39, 0.29) is 18.5 Å². The van der Waals surface area contributed by atoms with Crippen LogP contribution in [0.1, 0.15) is 26.2 Å². The monoisotopic (exact) mass is 259 g/mol. The number of carbonyl (C=O) groups excluding carboxylic acids is 1. The third-order valence-corrected chi connectivity index (χ3v) is 3.08. The molecule has 6 heteroatoms. The van der Waals surface area contributed by atoms with Crippen LogP contribution in [0.3, 0.4) is 0 Å². The maximum atomic E-state index is 11.2. The number of morpholine rings is 1.